The monoisotopic (exact) mass is 337 g/mol. The van der Waals surface area contributed by atoms with Gasteiger partial charge in [-0.25, -0.2) is 0 Å². The Hall–Kier alpha value is -3.13. The third-order valence-corrected chi connectivity index (χ3v) is 3.57. The Morgan fingerprint density at radius 1 is 1.04 bits per heavy atom. The van der Waals surface area contributed by atoms with Gasteiger partial charge in [0.2, 0.25) is 0 Å². The summed E-state index contributed by atoms with van der Waals surface area (Å²) in [6.45, 7) is 2.48. The summed E-state index contributed by atoms with van der Waals surface area (Å²) in [4.78, 5) is 23.9. The Morgan fingerprint density at radius 2 is 1.76 bits per heavy atom. The number of carbonyl (C=O) groups is 2. The minimum Gasteiger partial charge on any atom is -0.494 e. The topological polar surface area (TPSA) is 76.4 Å². The first-order chi connectivity index (χ1) is 12.1. The summed E-state index contributed by atoms with van der Waals surface area (Å²) in [7, 11) is 0. The Labute approximate surface area is 146 Å². The van der Waals surface area contributed by atoms with Crippen molar-refractivity contribution in [1.29, 1.82) is 5.26 Å². The molecule has 0 aromatic heterocycles. The van der Waals surface area contributed by atoms with Gasteiger partial charge < -0.3 is 9.47 Å². The minimum absolute atomic E-state index is 0.000759. The predicted octanol–water partition coefficient (Wildman–Crippen LogP) is 3.66. The SMILES string of the molecule is CCOc1ccc(C(=O)CCC(=O)OCc2ccccc2C#N)cc1. The van der Waals surface area contributed by atoms with Gasteiger partial charge >= 0.3 is 5.97 Å². The summed E-state index contributed by atoms with van der Waals surface area (Å²) in [5.74, 6) is 0.110. The summed E-state index contributed by atoms with van der Waals surface area (Å²) in [6.07, 6.45) is 0.0769. The van der Waals surface area contributed by atoms with Crippen molar-refractivity contribution in [2.24, 2.45) is 0 Å². The van der Waals surface area contributed by atoms with Crippen LogP contribution in [-0.2, 0) is 16.1 Å². The van der Waals surface area contributed by atoms with Gasteiger partial charge in [0.1, 0.15) is 12.4 Å². The molecule has 128 valence electrons. The molecular formula is C20H19NO4. The van der Waals surface area contributed by atoms with Crippen LogP contribution < -0.4 is 4.74 Å². The maximum absolute atomic E-state index is 12.1. The lowest BCUT2D eigenvalue weighted by atomic mass is 10.1. The number of nitriles is 1. The average Bonchev–Trinajstić information content (AvgIpc) is 2.65. The van der Waals surface area contributed by atoms with Crippen molar-refractivity contribution < 1.29 is 19.1 Å². The van der Waals surface area contributed by atoms with Crippen LogP contribution in [0.15, 0.2) is 48.5 Å². The first-order valence-electron chi connectivity index (χ1n) is 8.03. The summed E-state index contributed by atoms with van der Waals surface area (Å²) in [6, 6.07) is 15.8. The number of hydrogen-bond acceptors (Lipinski definition) is 5. The number of nitrogens with zero attached hydrogens (tertiary/aromatic N) is 1. The summed E-state index contributed by atoms with van der Waals surface area (Å²) in [5, 5.41) is 8.99. The Morgan fingerprint density at radius 3 is 2.44 bits per heavy atom. The van der Waals surface area contributed by atoms with Crippen LogP contribution in [0.25, 0.3) is 0 Å². The highest BCUT2D eigenvalue weighted by Gasteiger charge is 2.11. The number of benzene rings is 2. The third kappa shape index (κ3) is 5.47. The van der Waals surface area contributed by atoms with Crippen molar-refractivity contribution in [3.05, 3.63) is 65.2 Å². The fraction of sp³-hybridized carbons (Fsp3) is 0.250. The van der Waals surface area contributed by atoms with E-state index in [2.05, 4.69) is 0 Å². The highest BCUT2D eigenvalue weighted by Crippen LogP contribution is 2.14. The number of carbonyl (C=O) groups excluding carboxylic acids is 2. The molecule has 0 heterocycles. The molecule has 0 fully saturated rings. The van der Waals surface area contributed by atoms with E-state index >= 15 is 0 Å². The molecule has 0 N–H and O–H groups in total. The maximum Gasteiger partial charge on any atom is 0.306 e. The zero-order chi connectivity index (χ0) is 18.1. The molecule has 0 aliphatic carbocycles. The fourth-order valence-corrected chi connectivity index (χ4v) is 2.25. The van der Waals surface area contributed by atoms with Gasteiger partial charge in [0, 0.05) is 17.5 Å². The van der Waals surface area contributed by atoms with Crippen LogP contribution in [0.3, 0.4) is 0 Å². The Bertz CT molecular complexity index is 775. The number of ether oxygens (including phenoxy) is 2. The molecule has 0 unspecified atom stereocenters. The molecule has 0 aliphatic heterocycles. The average molecular weight is 337 g/mol. The molecule has 25 heavy (non-hydrogen) atoms. The van der Waals surface area contributed by atoms with Crippen LogP contribution in [-0.4, -0.2) is 18.4 Å². The first-order valence-corrected chi connectivity index (χ1v) is 8.03. The van der Waals surface area contributed by atoms with Gasteiger partial charge in [0.15, 0.2) is 5.78 Å². The molecule has 5 nitrogen and oxygen atoms in total. The molecule has 0 spiro atoms. The molecule has 0 amide bonds. The van der Waals surface area contributed by atoms with Gasteiger partial charge in [-0.1, -0.05) is 18.2 Å². The van der Waals surface area contributed by atoms with Crippen LogP contribution in [0.5, 0.6) is 5.75 Å². The number of hydrogen-bond donors (Lipinski definition) is 0. The zero-order valence-electron chi connectivity index (χ0n) is 14.0. The largest absolute Gasteiger partial charge is 0.494 e. The van der Waals surface area contributed by atoms with E-state index in [0.29, 0.717) is 29.0 Å². The van der Waals surface area contributed by atoms with E-state index in [-0.39, 0.29) is 25.2 Å². The first kappa shape index (κ1) is 18.2. The Balaban J connectivity index is 1.81. The second-order valence-corrected chi connectivity index (χ2v) is 5.31. The van der Waals surface area contributed by atoms with Gasteiger partial charge in [-0.15, -0.1) is 0 Å². The molecule has 0 bridgehead atoms. The zero-order valence-corrected chi connectivity index (χ0v) is 14.0. The van der Waals surface area contributed by atoms with Gasteiger partial charge in [-0.3, -0.25) is 9.59 Å². The molecule has 2 rings (SSSR count). The smallest absolute Gasteiger partial charge is 0.306 e. The molecule has 5 heteroatoms. The summed E-state index contributed by atoms with van der Waals surface area (Å²) in [5.41, 5.74) is 1.66. The molecule has 2 aromatic carbocycles. The maximum atomic E-state index is 12.1. The van der Waals surface area contributed by atoms with Gasteiger partial charge in [0.05, 0.1) is 24.7 Å². The van der Waals surface area contributed by atoms with Gasteiger partial charge in [0.25, 0.3) is 0 Å². The molecular weight excluding hydrogens is 318 g/mol. The molecule has 2 aromatic rings. The predicted molar refractivity (Wildman–Crippen MR) is 92.1 cm³/mol. The Kier molecular flexibility index (Phi) is 6.73. The van der Waals surface area contributed by atoms with Crippen LogP contribution in [0.2, 0.25) is 0 Å². The second kappa shape index (κ2) is 9.24. The van der Waals surface area contributed by atoms with E-state index in [0.717, 1.165) is 0 Å². The van der Waals surface area contributed by atoms with Crippen molar-refractivity contribution in [1.82, 2.24) is 0 Å². The summed E-state index contributed by atoms with van der Waals surface area (Å²) < 4.78 is 10.5. The highest BCUT2D eigenvalue weighted by molar-refractivity contribution is 5.97. The highest BCUT2D eigenvalue weighted by atomic mass is 16.5. The van der Waals surface area contributed by atoms with Crippen molar-refractivity contribution in [3.8, 4) is 11.8 Å². The van der Waals surface area contributed by atoms with Gasteiger partial charge in [-0.2, -0.15) is 5.26 Å². The van der Waals surface area contributed by atoms with E-state index in [1.165, 1.54) is 0 Å². The lowest BCUT2D eigenvalue weighted by Gasteiger charge is -2.07. The second-order valence-electron chi connectivity index (χ2n) is 5.31. The van der Waals surface area contributed by atoms with Crippen molar-refractivity contribution in [2.75, 3.05) is 6.61 Å². The number of esters is 1. The van der Waals surface area contributed by atoms with Crippen LogP contribution >= 0.6 is 0 Å². The molecule has 0 radical (unpaired) electrons. The van der Waals surface area contributed by atoms with E-state index in [1.54, 1.807) is 48.5 Å². The lowest BCUT2D eigenvalue weighted by molar-refractivity contribution is -0.144. The quantitative estimate of drug-likeness (QED) is 0.543. The van der Waals surface area contributed by atoms with Crippen LogP contribution in [0.4, 0.5) is 0 Å². The third-order valence-electron chi connectivity index (χ3n) is 3.57. The van der Waals surface area contributed by atoms with Crippen molar-refractivity contribution in [3.63, 3.8) is 0 Å². The van der Waals surface area contributed by atoms with E-state index in [1.807, 2.05) is 13.0 Å². The van der Waals surface area contributed by atoms with E-state index < -0.39 is 5.97 Å². The number of rotatable bonds is 8. The van der Waals surface area contributed by atoms with Crippen LogP contribution in [0, 0.1) is 11.3 Å². The normalized spacial score (nSPS) is 9.92. The fourth-order valence-electron chi connectivity index (χ4n) is 2.25. The van der Waals surface area contributed by atoms with E-state index in [4.69, 9.17) is 14.7 Å². The standard InChI is InChI=1S/C20H19NO4/c1-2-24-18-9-7-15(8-10-18)19(22)11-12-20(23)25-14-17-6-4-3-5-16(17)13-21/h3-10H,2,11-12,14H2,1H3. The molecule has 0 saturated heterocycles. The lowest BCUT2D eigenvalue weighted by Crippen LogP contribution is -2.09. The summed E-state index contributed by atoms with van der Waals surface area (Å²) >= 11 is 0. The van der Waals surface area contributed by atoms with Gasteiger partial charge in [-0.05, 0) is 37.3 Å². The van der Waals surface area contributed by atoms with Crippen molar-refractivity contribution in [2.45, 2.75) is 26.4 Å². The molecule has 0 aliphatic rings. The van der Waals surface area contributed by atoms with Crippen LogP contribution in [0.1, 0.15) is 41.3 Å². The number of ketones is 1. The number of Topliss-reactive ketones (excluding diaryl/α,β-unsaturated/α-hetero) is 1. The molecule has 0 atom stereocenters. The van der Waals surface area contributed by atoms with E-state index in [9.17, 15) is 9.59 Å². The molecule has 0 saturated carbocycles. The van der Waals surface area contributed by atoms with Crippen molar-refractivity contribution >= 4 is 11.8 Å². The minimum atomic E-state index is -0.466.